The van der Waals surface area contributed by atoms with E-state index in [-0.39, 0.29) is 28.5 Å². The molecule has 1 aromatic rings. The maximum absolute atomic E-state index is 12.4. The van der Waals surface area contributed by atoms with Gasteiger partial charge in [0.25, 0.3) is 6.43 Å². The summed E-state index contributed by atoms with van der Waals surface area (Å²) in [6.45, 7) is -0.413. The van der Waals surface area contributed by atoms with Crippen LogP contribution in [0.3, 0.4) is 0 Å². The highest BCUT2D eigenvalue weighted by Crippen LogP contribution is 2.28. The Morgan fingerprint density at radius 3 is 2.64 bits per heavy atom. The van der Waals surface area contributed by atoms with Crippen molar-refractivity contribution in [2.45, 2.75) is 18.9 Å². The Kier molecular flexibility index (Phi) is 3.60. The summed E-state index contributed by atoms with van der Waals surface area (Å²) in [6.07, 6.45) is -2.69. The molecule has 1 rings (SSSR count). The molecule has 0 saturated carbocycles. The van der Waals surface area contributed by atoms with Crippen LogP contribution in [0.5, 0.6) is 0 Å². The van der Waals surface area contributed by atoms with Crippen LogP contribution in [0, 0.1) is 0 Å². The molecule has 0 aliphatic rings. The molecule has 0 spiro atoms. The van der Waals surface area contributed by atoms with Crippen molar-refractivity contribution in [2.75, 3.05) is 5.73 Å². The first-order valence-electron chi connectivity index (χ1n) is 3.83. The van der Waals surface area contributed by atoms with Crippen LogP contribution in [0.2, 0.25) is 0 Å². The number of nitrogen functional groups attached to an aromatic ring is 1. The quantitative estimate of drug-likeness (QED) is 0.768. The van der Waals surface area contributed by atoms with Gasteiger partial charge in [0, 0.05) is 5.56 Å². The van der Waals surface area contributed by atoms with E-state index in [2.05, 4.69) is 4.98 Å². The Labute approximate surface area is 84.5 Å². The summed E-state index contributed by atoms with van der Waals surface area (Å²) in [5.41, 5.74) is 5.29. The molecular formula is C8H9ClF2N2O. The molecule has 0 amide bonds. The maximum Gasteiger partial charge on any atom is 0.265 e. The van der Waals surface area contributed by atoms with Crippen molar-refractivity contribution >= 4 is 17.3 Å². The molecule has 0 aliphatic carbocycles. The summed E-state index contributed by atoms with van der Waals surface area (Å²) < 4.78 is 24.9. The number of aromatic nitrogens is 1. The molecule has 0 aromatic carbocycles. The van der Waals surface area contributed by atoms with E-state index < -0.39 is 13.0 Å². The largest absolute Gasteiger partial charge is 0.397 e. The van der Waals surface area contributed by atoms with Crippen LogP contribution < -0.4 is 5.73 Å². The van der Waals surface area contributed by atoms with Gasteiger partial charge in [-0.15, -0.1) is 11.6 Å². The van der Waals surface area contributed by atoms with E-state index >= 15 is 0 Å². The number of nitrogens with zero attached hydrogens (tertiary/aromatic N) is 1. The van der Waals surface area contributed by atoms with E-state index in [4.69, 9.17) is 22.4 Å². The number of rotatable bonds is 3. The average Bonchev–Trinajstić information content (AvgIpc) is 2.17. The van der Waals surface area contributed by atoms with E-state index in [0.29, 0.717) is 0 Å². The summed E-state index contributed by atoms with van der Waals surface area (Å²) >= 11 is 5.47. The Morgan fingerprint density at radius 2 is 2.21 bits per heavy atom. The number of alkyl halides is 3. The molecule has 3 nitrogen and oxygen atoms in total. The lowest BCUT2D eigenvalue weighted by Crippen LogP contribution is -2.05. The highest BCUT2D eigenvalue weighted by Gasteiger charge is 2.16. The van der Waals surface area contributed by atoms with Crippen molar-refractivity contribution in [3.8, 4) is 0 Å². The molecule has 78 valence electrons. The minimum atomic E-state index is -2.69. The van der Waals surface area contributed by atoms with Crippen molar-refractivity contribution in [2.24, 2.45) is 0 Å². The van der Waals surface area contributed by atoms with Gasteiger partial charge in [0.2, 0.25) is 0 Å². The smallest absolute Gasteiger partial charge is 0.265 e. The minimum Gasteiger partial charge on any atom is -0.397 e. The van der Waals surface area contributed by atoms with Crippen molar-refractivity contribution in [3.05, 3.63) is 23.0 Å². The van der Waals surface area contributed by atoms with Crippen LogP contribution in [0.15, 0.2) is 6.07 Å². The van der Waals surface area contributed by atoms with Gasteiger partial charge in [-0.3, -0.25) is 4.98 Å². The van der Waals surface area contributed by atoms with Crippen LogP contribution in [-0.2, 0) is 12.5 Å². The second-order valence-corrected chi connectivity index (χ2v) is 2.92. The topological polar surface area (TPSA) is 59.1 Å². The number of hydrogen-bond acceptors (Lipinski definition) is 3. The molecule has 1 heterocycles. The molecule has 14 heavy (non-hydrogen) atoms. The molecule has 0 fully saturated rings. The van der Waals surface area contributed by atoms with Gasteiger partial charge in [-0.25, -0.2) is 8.78 Å². The van der Waals surface area contributed by atoms with Gasteiger partial charge in [-0.2, -0.15) is 0 Å². The molecule has 0 aliphatic heterocycles. The van der Waals surface area contributed by atoms with Crippen molar-refractivity contribution < 1.29 is 13.9 Å². The number of nitrogens with two attached hydrogens (primary N) is 1. The first-order chi connectivity index (χ1) is 6.60. The Bertz CT molecular complexity index is 333. The fourth-order valence-corrected chi connectivity index (χ4v) is 1.26. The molecule has 0 saturated heterocycles. The average molecular weight is 223 g/mol. The number of aliphatic hydroxyl groups is 1. The second-order valence-electron chi connectivity index (χ2n) is 2.66. The number of anilines is 1. The predicted octanol–water partition coefficient (Wildman–Crippen LogP) is 1.83. The molecule has 0 radical (unpaired) electrons. The van der Waals surface area contributed by atoms with Gasteiger partial charge < -0.3 is 10.8 Å². The molecule has 6 heteroatoms. The van der Waals surface area contributed by atoms with Crippen LogP contribution in [0.4, 0.5) is 14.5 Å². The normalized spacial score (nSPS) is 10.9. The highest BCUT2D eigenvalue weighted by atomic mass is 35.5. The summed E-state index contributed by atoms with van der Waals surface area (Å²) in [5, 5.41) is 8.76. The number of pyridine rings is 1. The third-order valence-corrected chi connectivity index (χ3v) is 2.00. The summed E-state index contributed by atoms with van der Waals surface area (Å²) in [4.78, 5) is 3.81. The molecule has 0 bridgehead atoms. The zero-order chi connectivity index (χ0) is 10.7. The van der Waals surface area contributed by atoms with Gasteiger partial charge in [-0.1, -0.05) is 0 Å². The van der Waals surface area contributed by atoms with Crippen LogP contribution >= 0.6 is 11.6 Å². The molecule has 0 atom stereocenters. The summed E-state index contributed by atoms with van der Waals surface area (Å²) in [5.74, 6) is -0.0562. The maximum atomic E-state index is 12.4. The van der Waals surface area contributed by atoms with Gasteiger partial charge in [0.15, 0.2) is 0 Å². The Balaban J connectivity index is 3.27. The van der Waals surface area contributed by atoms with Crippen LogP contribution in [-0.4, -0.2) is 10.1 Å². The third kappa shape index (κ3) is 2.10. The van der Waals surface area contributed by atoms with Crippen molar-refractivity contribution in [1.29, 1.82) is 0 Å². The molecular weight excluding hydrogens is 214 g/mol. The van der Waals surface area contributed by atoms with Gasteiger partial charge in [0.1, 0.15) is 0 Å². The minimum absolute atomic E-state index is 0.0562. The van der Waals surface area contributed by atoms with E-state index in [1.807, 2.05) is 0 Å². The number of halogens is 3. The zero-order valence-corrected chi connectivity index (χ0v) is 7.93. The van der Waals surface area contributed by atoms with Crippen molar-refractivity contribution in [1.82, 2.24) is 4.98 Å². The SMILES string of the molecule is Nc1c(C(F)F)cc(CO)nc1CCl. The highest BCUT2D eigenvalue weighted by molar-refractivity contribution is 6.17. The lowest BCUT2D eigenvalue weighted by atomic mass is 10.1. The predicted molar refractivity (Wildman–Crippen MR) is 49.1 cm³/mol. The van der Waals surface area contributed by atoms with Crippen LogP contribution in [0.1, 0.15) is 23.4 Å². The summed E-state index contributed by atoms with van der Waals surface area (Å²) in [7, 11) is 0. The number of hydrogen-bond donors (Lipinski definition) is 2. The lowest BCUT2D eigenvalue weighted by Gasteiger charge is -2.09. The van der Waals surface area contributed by atoms with E-state index in [0.717, 1.165) is 6.07 Å². The Hall–Kier alpha value is -0.940. The lowest BCUT2D eigenvalue weighted by molar-refractivity contribution is 0.151. The van der Waals surface area contributed by atoms with Gasteiger partial charge in [-0.05, 0) is 6.07 Å². The molecule has 3 N–H and O–H groups in total. The van der Waals surface area contributed by atoms with E-state index in [1.54, 1.807) is 0 Å². The zero-order valence-electron chi connectivity index (χ0n) is 7.17. The number of aliphatic hydroxyl groups excluding tert-OH is 1. The first-order valence-corrected chi connectivity index (χ1v) is 4.36. The molecule has 0 unspecified atom stereocenters. The monoisotopic (exact) mass is 222 g/mol. The standard InChI is InChI=1S/C8H9ClF2N2O/c9-2-6-7(12)5(8(10)11)1-4(3-14)13-6/h1,8,14H,2-3,12H2. The summed E-state index contributed by atoms with van der Waals surface area (Å²) in [6, 6.07) is 1.08. The van der Waals surface area contributed by atoms with Crippen LogP contribution in [0.25, 0.3) is 0 Å². The Morgan fingerprint density at radius 1 is 1.57 bits per heavy atom. The van der Waals surface area contributed by atoms with E-state index in [9.17, 15) is 8.78 Å². The third-order valence-electron chi connectivity index (χ3n) is 1.75. The van der Waals surface area contributed by atoms with E-state index in [1.165, 1.54) is 0 Å². The first kappa shape index (κ1) is 11.1. The van der Waals surface area contributed by atoms with Gasteiger partial charge >= 0.3 is 0 Å². The molecule has 1 aromatic heterocycles. The fourth-order valence-electron chi connectivity index (χ4n) is 1.05. The van der Waals surface area contributed by atoms with Crippen molar-refractivity contribution in [3.63, 3.8) is 0 Å². The van der Waals surface area contributed by atoms with Gasteiger partial charge in [0.05, 0.1) is 29.6 Å². The fraction of sp³-hybridized carbons (Fsp3) is 0.375. The second kappa shape index (κ2) is 4.52.